The quantitative estimate of drug-likeness (QED) is 0.867. The van der Waals surface area contributed by atoms with Crippen LogP contribution in [0.2, 0.25) is 5.15 Å². The van der Waals surface area contributed by atoms with Crippen molar-refractivity contribution < 1.29 is 4.79 Å². The molecule has 0 radical (unpaired) electrons. The summed E-state index contributed by atoms with van der Waals surface area (Å²) in [5, 5.41) is 7.17. The Morgan fingerprint density at radius 2 is 2.41 bits per heavy atom. The molecule has 0 aromatic carbocycles. The summed E-state index contributed by atoms with van der Waals surface area (Å²) in [5.41, 5.74) is 2.54. The van der Waals surface area contributed by atoms with Gasteiger partial charge in [0, 0.05) is 0 Å². The number of rotatable bonds is 3. The van der Waals surface area contributed by atoms with Gasteiger partial charge in [-0.15, -0.1) is 0 Å². The van der Waals surface area contributed by atoms with Gasteiger partial charge in [0.05, 0.1) is 18.3 Å². The Morgan fingerprint density at radius 3 is 3.06 bits per heavy atom. The zero-order chi connectivity index (χ0) is 12.3. The third-order valence-electron chi connectivity index (χ3n) is 2.24. The number of carbonyl (C=O) groups is 1. The van der Waals surface area contributed by atoms with Crippen LogP contribution >= 0.6 is 22.9 Å². The normalized spacial score (nSPS) is 10.2. The van der Waals surface area contributed by atoms with Crippen molar-refractivity contribution in [3.8, 4) is 0 Å². The molecule has 2 aromatic heterocycles. The first-order chi connectivity index (χ1) is 8.15. The topological polar surface area (TPSA) is 42.0 Å². The average Bonchev–Trinajstić information content (AvgIpc) is 2.76. The van der Waals surface area contributed by atoms with Crippen molar-refractivity contribution in [3.63, 3.8) is 0 Å². The molecular formula is C12H11ClN2OS. The molecule has 0 fully saturated rings. The molecule has 1 N–H and O–H groups in total. The van der Waals surface area contributed by atoms with E-state index in [0.717, 1.165) is 11.1 Å². The van der Waals surface area contributed by atoms with Crippen molar-refractivity contribution in [1.82, 2.24) is 4.98 Å². The second kappa shape index (κ2) is 5.29. The third-order valence-corrected chi connectivity index (χ3v) is 3.37. The fourth-order valence-corrected chi connectivity index (χ4v) is 2.18. The Balaban J connectivity index is 2.00. The first kappa shape index (κ1) is 12.1. The maximum atomic E-state index is 11.7. The number of nitrogens with zero attached hydrogens (tertiary/aromatic N) is 1. The zero-order valence-corrected chi connectivity index (χ0v) is 10.8. The minimum atomic E-state index is -0.0491. The van der Waals surface area contributed by atoms with Crippen LogP contribution in [-0.2, 0) is 11.2 Å². The van der Waals surface area contributed by atoms with Crippen LogP contribution in [0.5, 0.6) is 0 Å². The molecule has 0 spiro atoms. The summed E-state index contributed by atoms with van der Waals surface area (Å²) in [4.78, 5) is 15.7. The SMILES string of the molecule is Cc1cc(NC(=O)Cc2ccsc2)cnc1Cl. The van der Waals surface area contributed by atoms with Crippen molar-refractivity contribution >= 4 is 34.5 Å². The molecule has 0 aliphatic rings. The van der Waals surface area contributed by atoms with E-state index in [4.69, 9.17) is 11.6 Å². The summed E-state index contributed by atoms with van der Waals surface area (Å²) in [6.45, 7) is 1.85. The first-order valence-electron chi connectivity index (χ1n) is 5.08. The van der Waals surface area contributed by atoms with Crippen LogP contribution in [0.1, 0.15) is 11.1 Å². The van der Waals surface area contributed by atoms with Gasteiger partial charge in [0.2, 0.25) is 5.91 Å². The molecule has 2 heterocycles. The summed E-state index contributed by atoms with van der Waals surface area (Å²) in [6, 6.07) is 3.75. The minimum absolute atomic E-state index is 0.0491. The molecule has 0 aliphatic heterocycles. The summed E-state index contributed by atoms with van der Waals surface area (Å²) in [5.74, 6) is -0.0491. The van der Waals surface area contributed by atoms with Gasteiger partial charge in [-0.3, -0.25) is 4.79 Å². The zero-order valence-electron chi connectivity index (χ0n) is 9.24. The maximum absolute atomic E-state index is 11.7. The van der Waals surface area contributed by atoms with E-state index in [-0.39, 0.29) is 5.91 Å². The lowest BCUT2D eigenvalue weighted by Crippen LogP contribution is -2.14. The van der Waals surface area contributed by atoms with E-state index >= 15 is 0 Å². The Hall–Kier alpha value is -1.39. The largest absolute Gasteiger partial charge is 0.324 e. The predicted octanol–water partition coefficient (Wildman–Crippen LogP) is 3.29. The van der Waals surface area contributed by atoms with Crippen molar-refractivity contribution in [2.45, 2.75) is 13.3 Å². The number of hydrogen-bond acceptors (Lipinski definition) is 3. The lowest BCUT2D eigenvalue weighted by molar-refractivity contribution is -0.115. The highest BCUT2D eigenvalue weighted by molar-refractivity contribution is 7.08. The molecule has 0 saturated heterocycles. The lowest BCUT2D eigenvalue weighted by Gasteiger charge is -2.05. The molecule has 3 nitrogen and oxygen atoms in total. The molecule has 0 bridgehead atoms. The van der Waals surface area contributed by atoms with Gasteiger partial charge in [-0.05, 0) is 40.9 Å². The lowest BCUT2D eigenvalue weighted by atomic mass is 10.2. The van der Waals surface area contributed by atoms with E-state index in [1.165, 1.54) is 0 Å². The van der Waals surface area contributed by atoms with Crippen molar-refractivity contribution in [2.24, 2.45) is 0 Å². The first-order valence-corrected chi connectivity index (χ1v) is 6.40. The standard InChI is InChI=1S/C12H11ClN2OS/c1-8-4-10(6-14-12(8)13)15-11(16)5-9-2-3-17-7-9/h2-4,6-7H,5H2,1H3,(H,15,16). The number of hydrogen-bond donors (Lipinski definition) is 1. The van der Waals surface area contributed by atoms with E-state index in [9.17, 15) is 4.79 Å². The highest BCUT2D eigenvalue weighted by Crippen LogP contribution is 2.16. The van der Waals surface area contributed by atoms with E-state index in [1.54, 1.807) is 23.6 Å². The Morgan fingerprint density at radius 1 is 1.59 bits per heavy atom. The smallest absolute Gasteiger partial charge is 0.228 e. The summed E-state index contributed by atoms with van der Waals surface area (Å²) < 4.78 is 0. The number of anilines is 1. The molecule has 0 saturated carbocycles. The highest BCUT2D eigenvalue weighted by Gasteiger charge is 2.05. The number of aromatic nitrogens is 1. The van der Waals surface area contributed by atoms with Gasteiger partial charge in [0.1, 0.15) is 5.15 Å². The number of nitrogens with one attached hydrogen (secondary N) is 1. The molecule has 0 aliphatic carbocycles. The Bertz CT molecular complexity index is 525. The molecule has 0 atom stereocenters. The number of pyridine rings is 1. The van der Waals surface area contributed by atoms with Crippen LogP contribution in [-0.4, -0.2) is 10.9 Å². The van der Waals surface area contributed by atoms with Gasteiger partial charge < -0.3 is 5.32 Å². The van der Waals surface area contributed by atoms with E-state index in [2.05, 4.69) is 10.3 Å². The van der Waals surface area contributed by atoms with Crippen LogP contribution in [0.25, 0.3) is 0 Å². The van der Waals surface area contributed by atoms with Gasteiger partial charge in [-0.2, -0.15) is 11.3 Å². The van der Waals surface area contributed by atoms with Gasteiger partial charge >= 0.3 is 0 Å². The van der Waals surface area contributed by atoms with Gasteiger partial charge in [0.15, 0.2) is 0 Å². The van der Waals surface area contributed by atoms with Crippen LogP contribution in [0, 0.1) is 6.92 Å². The highest BCUT2D eigenvalue weighted by atomic mass is 35.5. The minimum Gasteiger partial charge on any atom is -0.324 e. The summed E-state index contributed by atoms with van der Waals surface area (Å²) in [7, 11) is 0. The number of amides is 1. The second-order valence-corrected chi connectivity index (χ2v) is 4.83. The van der Waals surface area contributed by atoms with Crippen LogP contribution < -0.4 is 5.32 Å². The van der Waals surface area contributed by atoms with Crippen LogP contribution in [0.4, 0.5) is 5.69 Å². The van der Waals surface area contributed by atoms with E-state index in [0.29, 0.717) is 17.3 Å². The second-order valence-electron chi connectivity index (χ2n) is 3.69. The number of halogens is 1. The van der Waals surface area contributed by atoms with Gasteiger partial charge in [-0.25, -0.2) is 4.98 Å². The molecule has 1 amide bonds. The van der Waals surface area contributed by atoms with E-state index in [1.807, 2.05) is 23.8 Å². The molecular weight excluding hydrogens is 256 g/mol. The summed E-state index contributed by atoms with van der Waals surface area (Å²) >= 11 is 7.39. The van der Waals surface area contributed by atoms with Crippen LogP contribution in [0.3, 0.4) is 0 Å². The monoisotopic (exact) mass is 266 g/mol. The van der Waals surface area contributed by atoms with Crippen molar-refractivity contribution in [1.29, 1.82) is 0 Å². The molecule has 2 aromatic rings. The fourth-order valence-electron chi connectivity index (χ4n) is 1.41. The van der Waals surface area contributed by atoms with Gasteiger partial charge in [-0.1, -0.05) is 11.6 Å². The van der Waals surface area contributed by atoms with E-state index < -0.39 is 0 Å². The predicted molar refractivity (Wildman–Crippen MR) is 70.6 cm³/mol. The van der Waals surface area contributed by atoms with Crippen molar-refractivity contribution in [3.05, 3.63) is 45.4 Å². The molecule has 17 heavy (non-hydrogen) atoms. The molecule has 88 valence electrons. The van der Waals surface area contributed by atoms with Crippen molar-refractivity contribution in [2.75, 3.05) is 5.32 Å². The fraction of sp³-hybridized carbons (Fsp3) is 0.167. The molecule has 2 rings (SSSR count). The third kappa shape index (κ3) is 3.28. The van der Waals surface area contributed by atoms with Gasteiger partial charge in [0.25, 0.3) is 0 Å². The number of aryl methyl sites for hydroxylation is 1. The maximum Gasteiger partial charge on any atom is 0.228 e. The molecule has 5 heteroatoms. The molecule has 0 unspecified atom stereocenters. The number of thiophene rings is 1. The number of carbonyl (C=O) groups excluding carboxylic acids is 1. The Kier molecular flexibility index (Phi) is 3.76. The van der Waals surface area contributed by atoms with Crippen LogP contribution in [0.15, 0.2) is 29.1 Å². The Labute approximate surface area is 108 Å². The summed E-state index contributed by atoms with van der Waals surface area (Å²) in [6.07, 6.45) is 1.94. The average molecular weight is 267 g/mol.